The van der Waals surface area contributed by atoms with Crippen molar-refractivity contribution in [3.8, 4) is 11.1 Å². The number of hydrazine groups is 1. The molecule has 15 nitrogen and oxygen atoms in total. The normalized spacial score (nSPS) is 10.6. The number of carbonyl (C=O) groups excluding carboxylic acids is 4. The van der Waals surface area contributed by atoms with Crippen molar-refractivity contribution in [2.75, 3.05) is 37.0 Å². The number of hydrogen-bond donors (Lipinski definition) is 8. The minimum atomic E-state index is -0.910. The SMILES string of the molecule is Cc1cc(-c2cccc(CONCCCCCCNC(=O)c3ccc[n+](CC(=O)Nc4ccc(NNC(=O)C(=O)NCCO)c(C)c4)c3)c2)ccc1N=N. The molecule has 0 atom stereocenters. The van der Waals surface area contributed by atoms with Gasteiger partial charge in [0, 0.05) is 31.4 Å². The Kier molecular flexibility index (Phi) is 16.2. The van der Waals surface area contributed by atoms with E-state index in [4.69, 9.17) is 15.5 Å². The van der Waals surface area contributed by atoms with Crippen molar-refractivity contribution < 1.29 is 33.7 Å². The van der Waals surface area contributed by atoms with E-state index in [1.165, 1.54) is 0 Å². The number of hydroxylamine groups is 1. The Labute approximate surface area is 314 Å². The van der Waals surface area contributed by atoms with Gasteiger partial charge in [0.05, 0.1) is 24.6 Å². The lowest BCUT2D eigenvalue weighted by molar-refractivity contribution is -0.684. The Morgan fingerprint density at radius 3 is 2.37 bits per heavy atom. The molecule has 1 heterocycles. The van der Waals surface area contributed by atoms with Crippen LogP contribution in [0.4, 0.5) is 17.1 Å². The number of anilines is 2. The predicted molar refractivity (Wildman–Crippen MR) is 203 cm³/mol. The molecule has 4 rings (SSSR count). The van der Waals surface area contributed by atoms with Crippen molar-refractivity contribution in [2.45, 2.75) is 52.7 Å². The molecule has 0 unspecified atom stereocenters. The molecule has 0 saturated carbocycles. The number of aromatic nitrogens is 1. The lowest BCUT2D eigenvalue weighted by atomic mass is 10.0. The van der Waals surface area contributed by atoms with Gasteiger partial charge in [0.2, 0.25) is 6.54 Å². The molecule has 0 spiro atoms. The number of rotatable bonds is 20. The van der Waals surface area contributed by atoms with Crippen molar-refractivity contribution in [1.29, 1.82) is 5.53 Å². The molecule has 284 valence electrons. The Bertz CT molecular complexity index is 1920. The molecule has 8 N–H and O–H groups in total. The van der Waals surface area contributed by atoms with Gasteiger partial charge in [-0.25, -0.2) is 11.0 Å². The average molecular weight is 739 g/mol. The first kappa shape index (κ1) is 40.7. The highest BCUT2D eigenvalue weighted by atomic mass is 16.6. The first-order valence-corrected chi connectivity index (χ1v) is 17.7. The molecule has 0 aliphatic rings. The van der Waals surface area contributed by atoms with Crippen LogP contribution in [0.1, 0.15) is 52.7 Å². The van der Waals surface area contributed by atoms with E-state index < -0.39 is 11.8 Å². The maximum atomic E-state index is 12.8. The Morgan fingerprint density at radius 2 is 1.61 bits per heavy atom. The van der Waals surface area contributed by atoms with E-state index >= 15 is 0 Å². The summed E-state index contributed by atoms with van der Waals surface area (Å²) in [7, 11) is 0. The van der Waals surface area contributed by atoms with E-state index in [9.17, 15) is 19.2 Å². The molecule has 0 radical (unpaired) electrons. The minimum Gasteiger partial charge on any atom is -0.395 e. The number of unbranched alkanes of at least 4 members (excludes halogenated alkanes) is 3. The summed E-state index contributed by atoms with van der Waals surface area (Å²) in [4.78, 5) is 54.7. The van der Waals surface area contributed by atoms with Gasteiger partial charge in [-0.15, -0.1) is 0 Å². The van der Waals surface area contributed by atoms with Crippen LogP contribution in [-0.4, -0.2) is 55.0 Å². The molecular weight excluding hydrogens is 690 g/mol. The van der Waals surface area contributed by atoms with E-state index in [1.54, 1.807) is 54.2 Å². The third kappa shape index (κ3) is 13.2. The Hall–Kier alpha value is -6.03. The number of hydrogen-bond acceptors (Lipinski definition) is 10. The zero-order valence-corrected chi connectivity index (χ0v) is 30.5. The maximum absolute atomic E-state index is 12.8. The highest BCUT2D eigenvalue weighted by molar-refractivity contribution is 6.35. The zero-order chi connectivity index (χ0) is 38.7. The van der Waals surface area contributed by atoms with Gasteiger partial charge >= 0.3 is 11.8 Å². The summed E-state index contributed by atoms with van der Waals surface area (Å²) >= 11 is 0. The van der Waals surface area contributed by atoms with Gasteiger partial charge in [0.1, 0.15) is 5.56 Å². The van der Waals surface area contributed by atoms with Crippen LogP contribution < -0.4 is 36.8 Å². The molecule has 3 aromatic carbocycles. The average Bonchev–Trinajstić information content (AvgIpc) is 3.17. The number of aryl methyl sites for hydroxylation is 2. The van der Waals surface area contributed by atoms with Crippen molar-refractivity contribution in [2.24, 2.45) is 5.11 Å². The third-order valence-electron chi connectivity index (χ3n) is 8.28. The van der Waals surface area contributed by atoms with Crippen molar-refractivity contribution in [3.05, 3.63) is 107 Å². The van der Waals surface area contributed by atoms with Gasteiger partial charge in [0.25, 0.3) is 11.8 Å². The molecule has 4 amide bonds. The number of amides is 4. The van der Waals surface area contributed by atoms with Crippen LogP contribution in [0.15, 0.2) is 90.3 Å². The van der Waals surface area contributed by atoms with E-state index in [0.29, 0.717) is 41.3 Å². The number of pyridine rings is 1. The third-order valence-corrected chi connectivity index (χ3v) is 8.28. The molecular formula is C39H48N9O6+. The summed E-state index contributed by atoms with van der Waals surface area (Å²) in [5, 5.41) is 20.3. The van der Waals surface area contributed by atoms with Crippen LogP contribution in [-0.2, 0) is 32.4 Å². The van der Waals surface area contributed by atoms with E-state index in [1.807, 2.05) is 37.3 Å². The van der Waals surface area contributed by atoms with Crippen LogP contribution in [0, 0.1) is 19.4 Å². The summed E-state index contributed by atoms with van der Waals surface area (Å²) in [6.45, 7) is 5.10. The van der Waals surface area contributed by atoms with Gasteiger partial charge in [-0.3, -0.25) is 34.9 Å². The van der Waals surface area contributed by atoms with Gasteiger partial charge < -0.3 is 21.1 Å². The topological polar surface area (TPSA) is 210 Å². The number of aliphatic hydroxyl groups excluding tert-OH is 1. The van der Waals surface area contributed by atoms with Gasteiger partial charge in [-0.05, 0) is 97.0 Å². The van der Waals surface area contributed by atoms with E-state index in [2.05, 4.69) is 49.5 Å². The summed E-state index contributed by atoms with van der Waals surface area (Å²) in [6, 6.07) is 22.4. The number of benzene rings is 3. The van der Waals surface area contributed by atoms with Crippen LogP contribution in [0.25, 0.3) is 11.1 Å². The number of aliphatic hydroxyl groups is 1. The van der Waals surface area contributed by atoms with Crippen molar-refractivity contribution >= 4 is 40.7 Å². The van der Waals surface area contributed by atoms with Crippen LogP contribution in [0.2, 0.25) is 0 Å². The van der Waals surface area contributed by atoms with E-state index in [0.717, 1.165) is 54.5 Å². The highest BCUT2D eigenvalue weighted by Crippen LogP contribution is 2.27. The summed E-state index contributed by atoms with van der Waals surface area (Å²) < 4.78 is 1.63. The summed E-state index contributed by atoms with van der Waals surface area (Å²) in [6.07, 6.45) is 7.06. The fraction of sp³-hybridized carbons (Fsp3) is 0.308. The predicted octanol–water partition coefficient (Wildman–Crippen LogP) is 4.12. The van der Waals surface area contributed by atoms with Crippen LogP contribution >= 0.6 is 0 Å². The van der Waals surface area contributed by atoms with Gasteiger partial charge in [0.15, 0.2) is 12.4 Å². The summed E-state index contributed by atoms with van der Waals surface area (Å²) in [5.74, 6) is -2.30. The maximum Gasteiger partial charge on any atom is 0.327 e. The summed E-state index contributed by atoms with van der Waals surface area (Å²) in [5.41, 5.74) is 22.3. The monoisotopic (exact) mass is 738 g/mol. The Morgan fingerprint density at radius 1 is 0.815 bits per heavy atom. The number of nitrogens with zero attached hydrogens (tertiary/aromatic N) is 2. The fourth-order valence-electron chi connectivity index (χ4n) is 5.42. The van der Waals surface area contributed by atoms with Crippen molar-refractivity contribution in [3.63, 3.8) is 0 Å². The molecule has 0 aliphatic heterocycles. The first-order valence-electron chi connectivity index (χ1n) is 17.7. The van der Waals surface area contributed by atoms with Crippen LogP contribution in [0.3, 0.4) is 0 Å². The first-order chi connectivity index (χ1) is 26.2. The minimum absolute atomic E-state index is 0.0115. The highest BCUT2D eigenvalue weighted by Gasteiger charge is 2.15. The number of nitrogens with one attached hydrogen (secondary N) is 7. The zero-order valence-electron chi connectivity index (χ0n) is 30.5. The fourth-order valence-corrected chi connectivity index (χ4v) is 5.42. The molecule has 54 heavy (non-hydrogen) atoms. The molecule has 15 heteroatoms. The largest absolute Gasteiger partial charge is 0.395 e. The molecule has 1 aromatic heterocycles. The molecule has 4 aromatic rings. The lowest BCUT2D eigenvalue weighted by Gasteiger charge is -2.12. The van der Waals surface area contributed by atoms with Gasteiger partial charge in [-0.2, -0.15) is 9.68 Å². The second kappa shape index (κ2) is 21.5. The smallest absolute Gasteiger partial charge is 0.327 e. The lowest BCUT2D eigenvalue weighted by Crippen LogP contribution is -2.43. The van der Waals surface area contributed by atoms with E-state index in [-0.39, 0.29) is 31.5 Å². The van der Waals surface area contributed by atoms with Crippen LogP contribution in [0.5, 0.6) is 0 Å². The molecule has 0 aliphatic carbocycles. The molecule has 0 bridgehead atoms. The second-order valence-electron chi connectivity index (χ2n) is 12.6. The Balaban J connectivity index is 1.08. The molecule has 0 fully saturated rings. The standard InChI is InChI=1S/C39H47N9O6/c1-27-21-31(12-14-34(27)45-40)30-10-7-9-29(23-30)26-54-43-17-6-4-3-5-16-41-37(51)32-11-8-19-48(24-32)25-36(50)44-33-13-15-35(28(2)22-33)46-47-39(53)38(52)42-18-20-49/h7-15,19,21-24,43,49H,3-6,16-18,20,25-26H2,1-2H3,(H5-,40,41,42,44,45,46,47,50,51,52,53)/p+1. The quantitative estimate of drug-likeness (QED) is 0.0217. The van der Waals surface area contributed by atoms with Crippen molar-refractivity contribution in [1.82, 2.24) is 21.5 Å². The van der Waals surface area contributed by atoms with Gasteiger partial charge in [-0.1, -0.05) is 37.1 Å². The molecule has 0 saturated heterocycles. The second-order valence-corrected chi connectivity index (χ2v) is 12.6. The number of carbonyl (C=O) groups is 4.